The Labute approximate surface area is 118 Å². The van der Waals surface area contributed by atoms with Gasteiger partial charge in [0, 0.05) is 31.7 Å². The van der Waals surface area contributed by atoms with Gasteiger partial charge in [-0.3, -0.25) is 0 Å². The Kier molecular flexibility index (Phi) is 3.74. The molecular formula is C16H19FN2O. The van der Waals surface area contributed by atoms with Gasteiger partial charge in [0.1, 0.15) is 5.82 Å². The number of hydrogen-bond donors (Lipinski definition) is 1. The van der Waals surface area contributed by atoms with E-state index in [0.717, 1.165) is 17.7 Å². The molecule has 1 fully saturated rings. The molecule has 1 heterocycles. The van der Waals surface area contributed by atoms with E-state index in [4.69, 9.17) is 4.42 Å². The molecule has 0 aliphatic heterocycles. The van der Waals surface area contributed by atoms with Gasteiger partial charge in [-0.2, -0.15) is 0 Å². The second-order valence-corrected chi connectivity index (χ2v) is 5.43. The molecule has 0 spiro atoms. The average molecular weight is 274 g/mol. The topological polar surface area (TPSA) is 28.4 Å². The van der Waals surface area contributed by atoms with Gasteiger partial charge in [-0.1, -0.05) is 6.07 Å². The van der Waals surface area contributed by atoms with Crippen molar-refractivity contribution in [2.45, 2.75) is 32.0 Å². The SMILES string of the molecule is CN(Cc1ccoc1)c1ccc(CNC2CC2)cc1F. The molecule has 0 radical (unpaired) electrons. The summed E-state index contributed by atoms with van der Waals surface area (Å²) in [6.45, 7) is 1.38. The highest BCUT2D eigenvalue weighted by molar-refractivity contribution is 5.49. The average Bonchev–Trinajstić information content (AvgIpc) is 3.13. The molecule has 1 saturated carbocycles. The van der Waals surface area contributed by atoms with Crippen molar-refractivity contribution in [1.82, 2.24) is 5.32 Å². The maximum Gasteiger partial charge on any atom is 0.146 e. The van der Waals surface area contributed by atoms with E-state index in [1.165, 1.54) is 12.8 Å². The number of anilines is 1. The van der Waals surface area contributed by atoms with Crippen molar-refractivity contribution >= 4 is 5.69 Å². The number of furan rings is 1. The number of nitrogens with one attached hydrogen (secondary N) is 1. The van der Waals surface area contributed by atoms with Crippen molar-refractivity contribution in [3.63, 3.8) is 0 Å². The van der Waals surface area contributed by atoms with Crippen LogP contribution >= 0.6 is 0 Å². The van der Waals surface area contributed by atoms with E-state index >= 15 is 0 Å². The quantitative estimate of drug-likeness (QED) is 0.876. The maximum atomic E-state index is 14.2. The number of hydrogen-bond acceptors (Lipinski definition) is 3. The van der Waals surface area contributed by atoms with Crippen LogP contribution in [-0.4, -0.2) is 13.1 Å². The van der Waals surface area contributed by atoms with E-state index in [2.05, 4.69) is 5.32 Å². The second kappa shape index (κ2) is 5.67. The van der Waals surface area contributed by atoms with Crippen LogP contribution in [0.3, 0.4) is 0 Å². The van der Waals surface area contributed by atoms with E-state index in [1.807, 2.05) is 30.1 Å². The number of benzene rings is 1. The van der Waals surface area contributed by atoms with Crippen LogP contribution in [0.5, 0.6) is 0 Å². The third kappa shape index (κ3) is 3.20. The predicted octanol–water partition coefficient (Wildman–Crippen LogP) is 3.31. The largest absolute Gasteiger partial charge is 0.472 e. The van der Waals surface area contributed by atoms with Crippen molar-refractivity contribution in [2.24, 2.45) is 0 Å². The van der Waals surface area contributed by atoms with Crippen molar-refractivity contribution in [3.05, 3.63) is 53.7 Å². The fourth-order valence-electron chi connectivity index (χ4n) is 2.26. The lowest BCUT2D eigenvalue weighted by Crippen LogP contribution is -2.18. The van der Waals surface area contributed by atoms with Crippen molar-refractivity contribution in [1.29, 1.82) is 0 Å². The minimum Gasteiger partial charge on any atom is -0.472 e. The summed E-state index contributed by atoms with van der Waals surface area (Å²) in [5.41, 5.74) is 2.64. The first-order chi connectivity index (χ1) is 9.72. The minimum absolute atomic E-state index is 0.175. The zero-order chi connectivity index (χ0) is 13.9. The van der Waals surface area contributed by atoms with Crippen LogP contribution in [0.15, 0.2) is 41.2 Å². The van der Waals surface area contributed by atoms with Crippen molar-refractivity contribution < 1.29 is 8.81 Å². The summed E-state index contributed by atoms with van der Waals surface area (Å²) in [7, 11) is 1.88. The summed E-state index contributed by atoms with van der Waals surface area (Å²) in [5.74, 6) is -0.175. The Hall–Kier alpha value is -1.81. The monoisotopic (exact) mass is 274 g/mol. The molecule has 20 heavy (non-hydrogen) atoms. The summed E-state index contributed by atoms with van der Waals surface area (Å²) in [6.07, 6.45) is 5.80. The summed E-state index contributed by atoms with van der Waals surface area (Å²) < 4.78 is 19.2. The van der Waals surface area contributed by atoms with Gasteiger partial charge in [0.15, 0.2) is 0 Å². The van der Waals surface area contributed by atoms with Crippen LogP contribution in [0.4, 0.5) is 10.1 Å². The van der Waals surface area contributed by atoms with Crippen LogP contribution in [0, 0.1) is 5.82 Å². The summed E-state index contributed by atoms with van der Waals surface area (Å²) in [6, 6.07) is 7.99. The van der Waals surface area contributed by atoms with E-state index in [1.54, 1.807) is 18.6 Å². The van der Waals surface area contributed by atoms with Crippen LogP contribution in [-0.2, 0) is 13.1 Å². The molecule has 0 atom stereocenters. The molecule has 0 unspecified atom stereocenters. The Bertz CT molecular complexity index is 564. The Balaban J connectivity index is 1.66. The van der Waals surface area contributed by atoms with Crippen LogP contribution in [0.1, 0.15) is 24.0 Å². The predicted molar refractivity (Wildman–Crippen MR) is 77.1 cm³/mol. The summed E-state index contributed by atoms with van der Waals surface area (Å²) >= 11 is 0. The lowest BCUT2D eigenvalue weighted by molar-refractivity contribution is 0.563. The molecule has 4 heteroatoms. The summed E-state index contributed by atoms with van der Waals surface area (Å²) in [5, 5.41) is 3.39. The molecule has 2 aromatic rings. The molecule has 1 aliphatic carbocycles. The van der Waals surface area contributed by atoms with Gasteiger partial charge in [-0.25, -0.2) is 4.39 Å². The molecule has 3 nitrogen and oxygen atoms in total. The third-order valence-electron chi connectivity index (χ3n) is 3.60. The van der Waals surface area contributed by atoms with Gasteiger partial charge in [0.25, 0.3) is 0 Å². The minimum atomic E-state index is -0.175. The number of halogens is 1. The molecule has 1 aromatic carbocycles. The molecule has 1 N–H and O–H groups in total. The Morgan fingerprint density at radius 2 is 2.15 bits per heavy atom. The number of rotatable bonds is 6. The lowest BCUT2D eigenvalue weighted by atomic mass is 10.1. The highest BCUT2D eigenvalue weighted by Gasteiger charge is 2.20. The molecule has 0 saturated heterocycles. The fourth-order valence-corrected chi connectivity index (χ4v) is 2.26. The Morgan fingerprint density at radius 1 is 1.30 bits per heavy atom. The number of nitrogens with zero attached hydrogens (tertiary/aromatic N) is 1. The van der Waals surface area contributed by atoms with Crippen LogP contribution in [0.25, 0.3) is 0 Å². The zero-order valence-corrected chi connectivity index (χ0v) is 11.6. The fraction of sp³-hybridized carbons (Fsp3) is 0.375. The Morgan fingerprint density at radius 3 is 2.80 bits per heavy atom. The molecule has 0 bridgehead atoms. The normalized spacial score (nSPS) is 14.5. The lowest BCUT2D eigenvalue weighted by Gasteiger charge is -2.19. The molecule has 0 amide bonds. The van der Waals surface area contributed by atoms with E-state index in [9.17, 15) is 4.39 Å². The molecule has 106 valence electrons. The molecule has 3 rings (SSSR count). The van der Waals surface area contributed by atoms with E-state index in [-0.39, 0.29) is 5.82 Å². The molecule has 1 aromatic heterocycles. The smallest absolute Gasteiger partial charge is 0.146 e. The van der Waals surface area contributed by atoms with Crippen molar-refractivity contribution in [2.75, 3.05) is 11.9 Å². The maximum absolute atomic E-state index is 14.2. The van der Waals surface area contributed by atoms with Gasteiger partial charge >= 0.3 is 0 Å². The first-order valence-electron chi connectivity index (χ1n) is 6.96. The van der Waals surface area contributed by atoms with Crippen LogP contribution < -0.4 is 10.2 Å². The first-order valence-corrected chi connectivity index (χ1v) is 6.96. The van der Waals surface area contributed by atoms with Gasteiger partial charge in [0.2, 0.25) is 0 Å². The highest BCUT2D eigenvalue weighted by atomic mass is 19.1. The zero-order valence-electron chi connectivity index (χ0n) is 11.6. The first kappa shape index (κ1) is 13.2. The van der Waals surface area contributed by atoms with Gasteiger partial charge in [0.05, 0.1) is 18.2 Å². The van der Waals surface area contributed by atoms with E-state index in [0.29, 0.717) is 18.3 Å². The molecular weight excluding hydrogens is 255 g/mol. The molecule has 1 aliphatic rings. The van der Waals surface area contributed by atoms with Crippen molar-refractivity contribution in [3.8, 4) is 0 Å². The van der Waals surface area contributed by atoms with E-state index < -0.39 is 0 Å². The highest BCUT2D eigenvalue weighted by Crippen LogP contribution is 2.23. The standard InChI is InChI=1S/C16H19FN2O/c1-19(10-13-6-7-20-11-13)16-5-2-12(8-15(16)17)9-18-14-3-4-14/h2,5-8,11,14,18H,3-4,9-10H2,1H3. The van der Waals surface area contributed by atoms with Gasteiger partial charge < -0.3 is 14.6 Å². The van der Waals surface area contributed by atoms with Gasteiger partial charge in [-0.05, 0) is 36.6 Å². The van der Waals surface area contributed by atoms with Gasteiger partial charge in [-0.15, -0.1) is 0 Å². The van der Waals surface area contributed by atoms with Crippen LogP contribution in [0.2, 0.25) is 0 Å². The summed E-state index contributed by atoms with van der Waals surface area (Å²) in [4.78, 5) is 1.89. The third-order valence-corrected chi connectivity index (χ3v) is 3.60. The second-order valence-electron chi connectivity index (χ2n) is 5.43.